The van der Waals surface area contributed by atoms with Crippen molar-refractivity contribution in [1.29, 1.82) is 0 Å². The summed E-state index contributed by atoms with van der Waals surface area (Å²) in [6.07, 6.45) is -33.4. The van der Waals surface area contributed by atoms with Crippen molar-refractivity contribution in [3.63, 3.8) is 0 Å². The van der Waals surface area contributed by atoms with Crippen LogP contribution in [0.3, 0.4) is 0 Å². The van der Waals surface area contributed by atoms with Crippen molar-refractivity contribution in [2.24, 2.45) is 0 Å². The highest BCUT2D eigenvalue weighted by molar-refractivity contribution is 5.80. The molecule has 18 atom stereocenters. The highest BCUT2D eigenvalue weighted by Gasteiger charge is 2.62. The van der Waals surface area contributed by atoms with Gasteiger partial charge in [-0.25, -0.2) is 14.4 Å². The predicted molar refractivity (Wildman–Crippen MR) is 221 cm³/mol. The van der Waals surface area contributed by atoms with Gasteiger partial charge in [-0.1, -0.05) is 0 Å². The molecule has 3 heterocycles. The van der Waals surface area contributed by atoms with Crippen molar-refractivity contribution in [3.8, 4) is 0 Å². The zero-order chi connectivity index (χ0) is 55.5. The van der Waals surface area contributed by atoms with Gasteiger partial charge in [0.15, 0.2) is 0 Å². The summed E-state index contributed by atoms with van der Waals surface area (Å²) in [6, 6.07) is -6.15. The molecule has 0 bridgehead atoms. The third-order valence-corrected chi connectivity index (χ3v) is 11.3. The van der Waals surface area contributed by atoms with Crippen LogP contribution in [0.1, 0.15) is 40.0 Å². The largest absolute Gasteiger partial charge is 0.477 e. The zero-order valence-corrected chi connectivity index (χ0v) is 38.7. The lowest BCUT2D eigenvalue weighted by Crippen LogP contribution is -2.71. The first-order valence-electron chi connectivity index (χ1n) is 21.6. The number of carbonyl (C=O) groups is 9. The van der Waals surface area contributed by atoms with Crippen LogP contribution in [0.5, 0.6) is 0 Å². The van der Waals surface area contributed by atoms with E-state index in [0.29, 0.717) is 0 Å². The molecule has 416 valence electrons. The average Bonchev–Trinajstić information content (AvgIpc) is 3.31. The molecule has 1 unspecified atom stereocenters. The normalized spacial score (nSPS) is 32.7. The lowest BCUT2D eigenvalue weighted by atomic mass is 9.86. The van der Waals surface area contributed by atoms with E-state index < -0.39 is 221 Å². The van der Waals surface area contributed by atoms with Crippen molar-refractivity contribution in [3.05, 3.63) is 0 Å². The number of amides is 3. The summed E-state index contributed by atoms with van der Waals surface area (Å²) in [5.41, 5.74) is 0. The maximum Gasteiger partial charge on any atom is 0.364 e. The maximum atomic E-state index is 13.4. The number of aliphatic hydroxyl groups excluding tert-OH is 10. The van der Waals surface area contributed by atoms with Crippen LogP contribution in [0.25, 0.3) is 0 Å². The fraction of sp³-hybridized carbons (Fsp3) is 0.769. The summed E-state index contributed by atoms with van der Waals surface area (Å²) in [4.78, 5) is 112. The number of ether oxygens (including phenoxy) is 8. The number of hydrogen-bond donors (Lipinski definition) is 17. The minimum atomic E-state index is -3.57. The third-order valence-electron chi connectivity index (χ3n) is 11.3. The topological polar surface area (TPSA) is 547 Å². The molecule has 3 aliphatic rings. The molecule has 3 rings (SSSR count). The van der Waals surface area contributed by atoms with Crippen molar-refractivity contribution in [1.82, 2.24) is 16.0 Å². The first-order chi connectivity index (χ1) is 33.9. The fourth-order valence-electron chi connectivity index (χ4n) is 7.88. The van der Waals surface area contributed by atoms with Crippen LogP contribution in [-0.4, -0.2) is 273 Å². The van der Waals surface area contributed by atoms with E-state index in [9.17, 15) is 115 Å². The first-order valence-corrected chi connectivity index (χ1v) is 21.6. The van der Waals surface area contributed by atoms with Crippen LogP contribution in [0.2, 0.25) is 0 Å². The molecule has 3 amide bonds. The number of hydrogen-bond acceptors (Lipinski definition) is 28. The molecule has 3 aliphatic heterocycles. The molecule has 34 heteroatoms. The van der Waals surface area contributed by atoms with E-state index in [1.807, 2.05) is 16.0 Å². The summed E-state index contributed by atoms with van der Waals surface area (Å²) in [6.45, 7) is -5.15. The smallest absolute Gasteiger partial charge is 0.364 e. The summed E-state index contributed by atoms with van der Waals surface area (Å²) in [5.74, 6) is -24.5. The highest BCUT2D eigenvalue weighted by atomic mass is 16.8. The average molecular weight is 1070 g/mol. The van der Waals surface area contributed by atoms with Crippen LogP contribution < -0.4 is 16.0 Å². The molecule has 0 aliphatic carbocycles. The van der Waals surface area contributed by atoms with Gasteiger partial charge in [0.1, 0.15) is 94.6 Å². The summed E-state index contributed by atoms with van der Waals surface area (Å²) in [5, 5.41) is 156. The Bertz CT molecular complexity index is 2000. The van der Waals surface area contributed by atoms with Gasteiger partial charge in [0.25, 0.3) is 17.4 Å². The van der Waals surface area contributed by atoms with Gasteiger partial charge >= 0.3 is 35.8 Å². The van der Waals surface area contributed by atoms with Gasteiger partial charge in [0.05, 0.1) is 36.4 Å². The number of carboxylic acids is 3. The second kappa shape index (κ2) is 26.2. The molecular weight excluding hydrogens is 1010 g/mol. The van der Waals surface area contributed by atoms with E-state index in [1.54, 1.807) is 0 Å². The zero-order valence-electron chi connectivity index (χ0n) is 38.7. The Hall–Kier alpha value is -5.41. The number of esters is 3. The van der Waals surface area contributed by atoms with Gasteiger partial charge in [-0.3, -0.25) is 28.8 Å². The molecule has 0 spiro atoms. The van der Waals surface area contributed by atoms with Crippen molar-refractivity contribution < 1.29 is 153 Å². The van der Waals surface area contributed by atoms with E-state index in [1.165, 1.54) is 0 Å². The van der Waals surface area contributed by atoms with Gasteiger partial charge in [-0.15, -0.1) is 0 Å². The summed E-state index contributed by atoms with van der Waals surface area (Å²) >= 11 is 0. The fourth-order valence-corrected chi connectivity index (χ4v) is 7.88. The molecule has 73 heavy (non-hydrogen) atoms. The lowest BCUT2D eigenvalue weighted by molar-refractivity contribution is -0.356. The standard InChI is InChI=1S/C39H59N3O31/c1-13(46)66-10-19(52)28(56)31-26(41-23(54)8-44)17(50)5-38(72-31,35(61)62)70-21(12-68-15(3)48)30(58)33-27(42-24(55)9-45)18(51)6-39(73-33,36(63)64)69-20(11-67-14(2)47)29(57)32-25(40-22(53)7-43)16(49)4-37(65,71-32)34(59)60/h16-21,25-33,43-45,49-52,56-58,65H,4-12H2,1-3H3,(H,40,53)(H,41,54)(H,42,55)(H,59,60)(H,61,62)(H,63,64)/t16-,17-,18-,19+,20+,21+,25+,26+,27+,28+,29+,30+,31+,32+,33+,37?,38+,39+/m0/s1. The number of carboxylic acid groups (broad SMARTS) is 3. The molecule has 17 N–H and O–H groups in total. The number of rotatable bonds is 25. The van der Waals surface area contributed by atoms with Gasteiger partial charge in [-0.2, -0.15) is 0 Å². The van der Waals surface area contributed by atoms with E-state index in [2.05, 4.69) is 4.74 Å². The van der Waals surface area contributed by atoms with Crippen LogP contribution in [-0.2, 0) is 81.0 Å². The van der Waals surface area contributed by atoms with Crippen molar-refractivity contribution in [2.75, 3.05) is 39.6 Å². The Morgan fingerprint density at radius 2 is 0.822 bits per heavy atom. The van der Waals surface area contributed by atoms with Crippen LogP contribution >= 0.6 is 0 Å². The highest BCUT2D eigenvalue weighted by Crippen LogP contribution is 2.40. The lowest BCUT2D eigenvalue weighted by Gasteiger charge is -2.50. The molecular formula is C39H59N3O31. The molecule has 3 saturated heterocycles. The van der Waals surface area contributed by atoms with Crippen LogP contribution in [0.4, 0.5) is 0 Å². The first kappa shape index (κ1) is 61.9. The Morgan fingerprint density at radius 3 is 1.14 bits per heavy atom. The quantitative estimate of drug-likeness (QED) is 0.0298. The number of aliphatic carboxylic acids is 3. The van der Waals surface area contributed by atoms with Crippen molar-refractivity contribution >= 4 is 53.5 Å². The number of nitrogens with one attached hydrogen (secondary N) is 3. The predicted octanol–water partition coefficient (Wildman–Crippen LogP) is -10.9. The molecule has 0 radical (unpaired) electrons. The van der Waals surface area contributed by atoms with E-state index in [-0.39, 0.29) is 0 Å². The van der Waals surface area contributed by atoms with Gasteiger partial charge in [0, 0.05) is 40.0 Å². The Balaban J connectivity index is 2.25. The second-order valence-corrected chi connectivity index (χ2v) is 16.8. The molecule has 34 nitrogen and oxygen atoms in total. The molecule has 3 fully saturated rings. The second-order valence-electron chi connectivity index (χ2n) is 16.8. The molecule has 0 saturated carbocycles. The Labute approximate surface area is 410 Å². The van der Waals surface area contributed by atoms with Gasteiger partial charge < -0.3 is 125 Å². The van der Waals surface area contributed by atoms with Gasteiger partial charge in [0.2, 0.25) is 17.7 Å². The number of aliphatic hydroxyl groups is 11. The summed E-state index contributed by atoms with van der Waals surface area (Å²) in [7, 11) is 0. The van der Waals surface area contributed by atoms with E-state index in [0.717, 1.165) is 20.8 Å². The molecule has 0 aromatic rings. The van der Waals surface area contributed by atoms with E-state index in [4.69, 9.17) is 33.2 Å². The number of carbonyl (C=O) groups excluding carboxylic acids is 6. The van der Waals surface area contributed by atoms with Crippen molar-refractivity contribution in [2.45, 2.75) is 149 Å². The van der Waals surface area contributed by atoms with Crippen LogP contribution in [0.15, 0.2) is 0 Å². The summed E-state index contributed by atoms with van der Waals surface area (Å²) < 4.78 is 42.5. The monoisotopic (exact) mass is 1070 g/mol. The molecule has 0 aromatic heterocycles. The minimum absolute atomic E-state index is 0.775. The van der Waals surface area contributed by atoms with E-state index >= 15 is 0 Å². The minimum Gasteiger partial charge on any atom is -0.477 e. The Kier molecular flexibility index (Phi) is 22.2. The van der Waals surface area contributed by atoms with Crippen LogP contribution in [0, 0.1) is 0 Å². The maximum absolute atomic E-state index is 13.4. The SMILES string of the molecule is CC(=O)OC[C@@H](O)[C@@H](O)[C@@H]1O[C@@](O[C@H](COC(C)=O)[C@@H](O)[C@@H]2O[C@@](O[C@H](COC(C)=O)[C@@H](O)[C@@H]3OC(O)(C(=O)O)C[C@H](O)[C@H]3NC(=O)CO)(C(=O)O)C[C@H](O)[C@H]2NC(=O)CO)(C(=O)O)C[C@H](O)[C@H]1NC(=O)CO. The van der Waals surface area contributed by atoms with Gasteiger partial charge in [-0.05, 0) is 0 Å². The Morgan fingerprint density at radius 1 is 0.507 bits per heavy atom. The third kappa shape index (κ3) is 15.6. The molecule has 0 aromatic carbocycles.